The lowest BCUT2D eigenvalue weighted by Crippen LogP contribution is -2.13. The largest absolute Gasteiger partial charge is 0.504 e. The van der Waals surface area contributed by atoms with Crippen molar-refractivity contribution >= 4 is 21.9 Å². The topological polar surface area (TPSA) is 98.0 Å². The standard InChI is InChI=1S/C8H6BrFO5/c9-2-1-3(11)6(12)5(10)4(2)7(13)8(14)15/h1,7,11-13H,(H,14,15). The Balaban J connectivity index is 3.42. The van der Waals surface area contributed by atoms with Gasteiger partial charge in [0.1, 0.15) is 0 Å². The van der Waals surface area contributed by atoms with Crippen molar-refractivity contribution in [3.63, 3.8) is 0 Å². The van der Waals surface area contributed by atoms with Crippen LogP contribution >= 0.6 is 15.9 Å². The second-order valence-electron chi connectivity index (χ2n) is 2.69. The van der Waals surface area contributed by atoms with Crippen molar-refractivity contribution in [1.82, 2.24) is 0 Å². The van der Waals surface area contributed by atoms with E-state index in [1.54, 1.807) is 0 Å². The highest BCUT2D eigenvalue weighted by Crippen LogP contribution is 2.38. The number of carboxylic acids is 1. The normalized spacial score (nSPS) is 12.5. The Kier molecular flexibility index (Phi) is 3.15. The number of aliphatic carboxylic acids is 1. The molecular weight excluding hydrogens is 275 g/mol. The summed E-state index contributed by atoms with van der Waals surface area (Å²) in [6.45, 7) is 0. The predicted octanol–water partition coefficient (Wildman–Crippen LogP) is 1.12. The van der Waals surface area contributed by atoms with Crippen LogP contribution in [0.5, 0.6) is 11.5 Å². The number of carbonyl (C=O) groups is 1. The molecule has 0 saturated heterocycles. The first kappa shape index (κ1) is 11.7. The molecular formula is C8H6BrFO5. The number of rotatable bonds is 2. The maximum Gasteiger partial charge on any atom is 0.337 e. The van der Waals surface area contributed by atoms with E-state index in [0.29, 0.717) is 0 Å². The molecule has 1 rings (SSSR count). The molecule has 7 heteroatoms. The zero-order valence-corrected chi connectivity index (χ0v) is 8.69. The maximum absolute atomic E-state index is 13.3. The van der Waals surface area contributed by atoms with Gasteiger partial charge in [-0.3, -0.25) is 0 Å². The third-order valence-corrected chi connectivity index (χ3v) is 2.37. The molecule has 0 aromatic heterocycles. The first-order valence-electron chi connectivity index (χ1n) is 3.67. The molecule has 1 atom stereocenters. The summed E-state index contributed by atoms with van der Waals surface area (Å²) in [7, 11) is 0. The van der Waals surface area contributed by atoms with E-state index in [1.165, 1.54) is 0 Å². The highest BCUT2D eigenvalue weighted by molar-refractivity contribution is 9.10. The zero-order valence-electron chi connectivity index (χ0n) is 7.11. The number of hydrogen-bond acceptors (Lipinski definition) is 4. The first-order chi connectivity index (χ1) is 6.86. The Bertz CT molecular complexity index is 420. The number of aliphatic hydroxyl groups excluding tert-OH is 1. The van der Waals surface area contributed by atoms with Gasteiger partial charge in [-0.05, 0) is 6.07 Å². The first-order valence-corrected chi connectivity index (χ1v) is 4.46. The third kappa shape index (κ3) is 2.02. The summed E-state index contributed by atoms with van der Waals surface area (Å²) >= 11 is 2.77. The molecule has 0 spiro atoms. The average Bonchev–Trinajstić information content (AvgIpc) is 2.14. The number of aromatic hydroxyl groups is 2. The molecule has 0 saturated carbocycles. The van der Waals surface area contributed by atoms with Crippen LogP contribution in [0.25, 0.3) is 0 Å². The van der Waals surface area contributed by atoms with Crippen molar-refractivity contribution in [3.05, 3.63) is 21.9 Å². The molecule has 0 aliphatic carbocycles. The number of carboxylic acid groups (broad SMARTS) is 1. The second-order valence-corrected chi connectivity index (χ2v) is 3.55. The SMILES string of the molecule is O=C(O)C(O)c1c(Br)cc(O)c(O)c1F. The van der Waals surface area contributed by atoms with Crippen LogP contribution in [0.15, 0.2) is 10.5 Å². The molecule has 1 aromatic carbocycles. The number of halogens is 2. The molecule has 0 radical (unpaired) electrons. The minimum atomic E-state index is -2.12. The van der Waals surface area contributed by atoms with Crippen LogP contribution in [0.1, 0.15) is 11.7 Å². The van der Waals surface area contributed by atoms with E-state index in [4.69, 9.17) is 20.4 Å². The van der Waals surface area contributed by atoms with Crippen molar-refractivity contribution < 1.29 is 29.6 Å². The van der Waals surface area contributed by atoms with Gasteiger partial charge in [0.25, 0.3) is 0 Å². The second kappa shape index (κ2) is 4.03. The number of hydrogen-bond donors (Lipinski definition) is 4. The molecule has 0 aliphatic rings. The lowest BCUT2D eigenvalue weighted by atomic mass is 10.1. The number of benzene rings is 1. The van der Waals surface area contributed by atoms with Crippen LogP contribution in [0.4, 0.5) is 4.39 Å². The van der Waals surface area contributed by atoms with Crippen molar-refractivity contribution in [1.29, 1.82) is 0 Å². The van der Waals surface area contributed by atoms with Gasteiger partial charge >= 0.3 is 5.97 Å². The summed E-state index contributed by atoms with van der Waals surface area (Å²) in [5.74, 6) is -4.90. The molecule has 0 amide bonds. The van der Waals surface area contributed by atoms with Crippen LogP contribution in [0.3, 0.4) is 0 Å². The fourth-order valence-corrected chi connectivity index (χ4v) is 1.59. The fourth-order valence-electron chi connectivity index (χ4n) is 0.985. The van der Waals surface area contributed by atoms with Gasteiger partial charge in [-0.15, -0.1) is 0 Å². The Morgan fingerprint density at radius 1 is 1.47 bits per heavy atom. The average molecular weight is 281 g/mol. The molecule has 82 valence electrons. The molecule has 1 aromatic rings. The zero-order chi connectivity index (χ0) is 11.7. The van der Waals surface area contributed by atoms with E-state index in [-0.39, 0.29) is 4.47 Å². The van der Waals surface area contributed by atoms with Crippen molar-refractivity contribution in [2.45, 2.75) is 6.10 Å². The third-order valence-electron chi connectivity index (χ3n) is 1.72. The summed E-state index contributed by atoms with van der Waals surface area (Å²) in [5, 5.41) is 35.5. The molecule has 15 heavy (non-hydrogen) atoms. The van der Waals surface area contributed by atoms with Gasteiger partial charge < -0.3 is 20.4 Å². The van der Waals surface area contributed by atoms with E-state index in [9.17, 15) is 9.18 Å². The van der Waals surface area contributed by atoms with Gasteiger partial charge in [-0.2, -0.15) is 0 Å². The highest BCUT2D eigenvalue weighted by Gasteiger charge is 2.26. The van der Waals surface area contributed by atoms with Crippen molar-refractivity contribution in [3.8, 4) is 11.5 Å². The molecule has 0 fully saturated rings. The van der Waals surface area contributed by atoms with Crippen LogP contribution < -0.4 is 0 Å². The summed E-state index contributed by atoms with van der Waals surface area (Å²) in [5.41, 5.74) is -0.641. The van der Waals surface area contributed by atoms with Gasteiger partial charge in [-0.1, -0.05) is 15.9 Å². The van der Waals surface area contributed by atoms with Crippen LogP contribution in [0.2, 0.25) is 0 Å². The smallest absolute Gasteiger partial charge is 0.337 e. The Labute approximate surface area is 91.5 Å². The predicted molar refractivity (Wildman–Crippen MR) is 50.0 cm³/mol. The molecule has 1 unspecified atom stereocenters. The minimum absolute atomic E-state index is 0.148. The molecule has 5 nitrogen and oxygen atoms in total. The van der Waals surface area contributed by atoms with Crippen LogP contribution in [-0.4, -0.2) is 26.4 Å². The van der Waals surface area contributed by atoms with E-state index >= 15 is 0 Å². The summed E-state index contributed by atoms with van der Waals surface area (Å²) in [6.07, 6.45) is -2.12. The van der Waals surface area contributed by atoms with Gasteiger partial charge in [0.05, 0.1) is 0 Å². The Morgan fingerprint density at radius 3 is 2.47 bits per heavy atom. The summed E-state index contributed by atoms with van der Waals surface area (Å²) in [4.78, 5) is 10.4. The van der Waals surface area contributed by atoms with Gasteiger partial charge in [0, 0.05) is 10.0 Å². The van der Waals surface area contributed by atoms with Crippen LogP contribution in [-0.2, 0) is 4.79 Å². The fraction of sp³-hybridized carbons (Fsp3) is 0.125. The van der Waals surface area contributed by atoms with Crippen molar-refractivity contribution in [2.24, 2.45) is 0 Å². The number of phenolic OH excluding ortho intramolecular Hbond substituents is 2. The van der Waals surface area contributed by atoms with Gasteiger partial charge in [-0.25, -0.2) is 9.18 Å². The minimum Gasteiger partial charge on any atom is -0.504 e. The quantitative estimate of drug-likeness (QED) is 0.609. The molecule has 0 heterocycles. The molecule has 0 aliphatic heterocycles. The molecule has 4 N–H and O–H groups in total. The molecule has 0 bridgehead atoms. The lowest BCUT2D eigenvalue weighted by Gasteiger charge is -2.11. The lowest BCUT2D eigenvalue weighted by molar-refractivity contribution is -0.147. The van der Waals surface area contributed by atoms with Crippen molar-refractivity contribution in [2.75, 3.05) is 0 Å². The highest BCUT2D eigenvalue weighted by atomic mass is 79.9. The summed E-state index contributed by atoms with van der Waals surface area (Å²) in [6, 6.07) is 0.889. The monoisotopic (exact) mass is 280 g/mol. The van der Waals surface area contributed by atoms with Crippen LogP contribution in [0, 0.1) is 5.82 Å². The van der Waals surface area contributed by atoms with E-state index in [1.807, 2.05) is 0 Å². The van der Waals surface area contributed by atoms with E-state index in [2.05, 4.69) is 15.9 Å². The van der Waals surface area contributed by atoms with E-state index < -0.39 is 35.0 Å². The summed E-state index contributed by atoms with van der Waals surface area (Å²) < 4.78 is 13.1. The van der Waals surface area contributed by atoms with Gasteiger partial charge in [0.15, 0.2) is 23.4 Å². The van der Waals surface area contributed by atoms with Gasteiger partial charge in [0.2, 0.25) is 0 Å². The Morgan fingerprint density at radius 2 is 2.00 bits per heavy atom. The number of phenols is 2. The number of aliphatic hydroxyl groups is 1. The maximum atomic E-state index is 13.3. The van der Waals surface area contributed by atoms with E-state index in [0.717, 1.165) is 6.07 Å². The Hall–Kier alpha value is -1.34.